The van der Waals surface area contributed by atoms with Gasteiger partial charge in [-0.3, -0.25) is 0 Å². The molecule has 0 radical (unpaired) electrons. The molecule has 2 rings (SSSR count). The highest BCUT2D eigenvalue weighted by molar-refractivity contribution is 7.09. The first-order valence-corrected chi connectivity index (χ1v) is 7.70. The minimum absolute atomic E-state index is 0.343. The number of hydrogen-bond acceptors (Lipinski definition) is 4. The van der Waals surface area contributed by atoms with Gasteiger partial charge in [0.25, 0.3) is 0 Å². The zero-order valence-electron chi connectivity index (χ0n) is 11.8. The van der Waals surface area contributed by atoms with Crippen LogP contribution in [-0.4, -0.2) is 24.7 Å². The lowest BCUT2D eigenvalue weighted by molar-refractivity contribution is 0.138. The third-order valence-electron chi connectivity index (χ3n) is 3.39. The van der Waals surface area contributed by atoms with Crippen molar-refractivity contribution in [1.29, 1.82) is 0 Å². The van der Waals surface area contributed by atoms with Crippen LogP contribution in [0.4, 0.5) is 0 Å². The topological polar surface area (TPSA) is 34.1 Å². The van der Waals surface area contributed by atoms with Crippen LogP contribution in [0.5, 0.6) is 0 Å². The van der Waals surface area contributed by atoms with Gasteiger partial charge in [-0.25, -0.2) is 4.98 Å². The third kappa shape index (κ3) is 3.53. The lowest BCUT2D eigenvalue weighted by atomic mass is 10.0. The maximum Gasteiger partial charge on any atom is 0.110 e. The summed E-state index contributed by atoms with van der Waals surface area (Å²) in [5, 5.41) is 7.13. The van der Waals surface area contributed by atoms with Gasteiger partial charge in [0.2, 0.25) is 0 Å². The lowest BCUT2D eigenvalue weighted by Gasteiger charge is -2.22. The molecular weight excluding hydrogens is 244 g/mol. The molecular formula is C14H24N2OS. The molecule has 1 heterocycles. The van der Waals surface area contributed by atoms with Crippen molar-refractivity contribution in [2.45, 2.75) is 51.6 Å². The van der Waals surface area contributed by atoms with Crippen molar-refractivity contribution in [3.8, 4) is 0 Å². The predicted octanol–water partition coefficient (Wildman–Crippen LogP) is 3.34. The van der Waals surface area contributed by atoms with Crippen LogP contribution in [0.3, 0.4) is 0 Å². The minimum atomic E-state index is 0.343. The van der Waals surface area contributed by atoms with E-state index in [2.05, 4.69) is 31.5 Å². The summed E-state index contributed by atoms with van der Waals surface area (Å²) in [6, 6.07) is 1.04. The van der Waals surface area contributed by atoms with E-state index >= 15 is 0 Å². The van der Waals surface area contributed by atoms with E-state index in [-0.39, 0.29) is 0 Å². The van der Waals surface area contributed by atoms with Crippen molar-refractivity contribution < 1.29 is 4.74 Å². The van der Waals surface area contributed by atoms with Crippen LogP contribution in [-0.2, 0) is 4.74 Å². The van der Waals surface area contributed by atoms with Crippen LogP contribution in [0, 0.1) is 5.92 Å². The number of hydrogen-bond donors (Lipinski definition) is 1. The Morgan fingerprint density at radius 2 is 2.17 bits per heavy atom. The third-order valence-corrected chi connectivity index (χ3v) is 4.33. The van der Waals surface area contributed by atoms with E-state index in [4.69, 9.17) is 9.72 Å². The molecule has 0 bridgehead atoms. The highest BCUT2D eigenvalue weighted by Crippen LogP contribution is 2.31. The van der Waals surface area contributed by atoms with Gasteiger partial charge < -0.3 is 10.1 Å². The van der Waals surface area contributed by atoms with Gasteiger partial charge in [-0.15, -0.1) is 11.3 Å². The molecule has 18 heavy (non-hydrogen) atoms. The summed E-state index contributed by atoms with van der Waals surface area (Å²) in [7, 11) is 1.77. The van der Waals surface area contributed by atoms with E-state index in [0.717, 1.165) is 6.61 Å². The summed E-state index contributed by atoms with van der Waals surface area (Å²) in [5.41, 5.74) is 1.21. The summed E-state index contributed by atoms with van der Waals surface area (Å²) in [6.45, 7) is 7.41. The van der Waals surface area contributed by atoms with Gasteiger partial charge >= 0.3 is 0 Å². The van der Waals surface area contributed by atoms with E-state index < -0.39 is 0 Å². The summed E-state index contributed by atoms with van der Waals surface area (Å²) >= 11 is 1.78. The molecule has 0 amide bonds. The highest BCUT2D eigenvalue weighted by atomic mass is 32.1. The Kier molecular flexibility index (Phi) is 4.76. The van der Waals surface area contributed by atoms with Gasteiger partial charge in [-0.05, 0) is 18.8 Å². The number of nitrogens with one attached hydrogen (secondary N) is 1. The minimum Gasteiger partial charge on any atom is -0.384 e. The molecule has 0 spiro atoms. The standard InChI is InChI=1S/C14H24N2OS/c1-9(2)12-8-18-14(16-12)13(10(3)7-17-4)15-11-5-6-11/h8-11,13,15H,5-7H2,1-4H3. The van der Waals surface area contributed by atoms with Crippen molar-refractivity contribution in [2.24, 2.45) is 5.92 Å². The van der Waals surface area contributed by atoms with Crippen LogP contribution in [0.1, 0.15) is 56.3 Å². The van der Waals surface area contributed by atoms with Crippen molar-refractivity contribution in [3.05, 3.63) is 16.1 Å². The zero-order valence-corrected chi connectivity index (χ0v) is 12.6. The quantitative estimate of drug-likeness (QED) is 0.823. The Labute approximate surface area is 114 Å². The van der Waals surface area contributed by atoms with E-state index in [9.17, 15) is 0 Å². The number of thiazole rings is 1. The molecule has 2 atom stereocenters. The van der Waals surface area contributed by atoms with Crippen LogP contribution >= 0.6 is 11.3 Å². The van der Waals surface area contributed by atoms with Crippen molar-refractivity contribution in [2.75, 3.05) is 13.7 Å². The molecule has 1 fully saturated rings. The Morgan fingerprint density at radius 3 is 2.67 bits per heavy atom. The van der Waals surface area contributed by atoms with Gasteiger partial charge in [0.1, 0.15) is 5.01 Å². The second-order valence-electron chi connectivity index (χ2n) is 5.62. The number of rotatable bonds is 7. The first-order chi connectivity index (χ1) is 8.61. The number of aromatic nitrogens is 1. The fourth-order valence-electron chi connectivity index (χ4n) is 2.05. The Bertz CT molecular complexity index is 374. The second-order valence-corrected chi connectivity index (χ2v) is 6.51. The Hall–Kier alpha value is -0.450. The van der Waals surface area contributed by atoms with Gasteiger partial charge in [0, 0.05) is 24.4 Å². The largest absolute Gasteiger partial charge is 0.384 e. The maximum absolute atomic E-state index is 5.30. The zero-order chi connectivity index (χ0) is 13.1. The van der Waals surface area contributed by atoms with Crippen molar-refractivity contribution >= 4 is 11.3 Å². The molecule has 0 aliphatic heterocycles. The summed E-state index contributed by atoms with van der Waals surface area (Å²) in [6.07, 6.45) is 2.61. The average molecular weight is 268 g/mol. The van der Waals surface area contributed by atoms with Gasteiger partial charge in [-0.1, -0.05) is 20.8 Å². The predicted molar refractivity (Wildman–Crippen MR) is 76.1 cm³/mol. The first kappa shape index (κ1) is 14.0. The SMILES string of the molecule is COCC(C)C(NC1CC1)c1nc(C(C)C)cs1. The van der Waals surface area contributed by atoms with E-state index in [0.29, 0.717) is 23.9 Å². The molecule has 3 nitrogen and oxygen atoms in total. The first-order valence-electron chi connectivity index (χ1n) is 6.82. The van der Waals surface area contributed by atoms with Gasteiger partial charge in [0.05, 0.1) is 18.3 Å². The van der Waals surface area contributed by atoms with Crippen molar-refractivity contribution in [1.82, 2.24) is 10.3 Å². The van der Waals surface area contributed by atoms with E-state index in [1.807, 2.05) is 0 Å². The number of nitrogens with zero attached hydrogens (tertiary/aromatic N) is 1. The number of methoxy groups -OCH3 is 1. The molecule has 2 unspecified atom stereocenters. The maximum atomic E-state index is 5.30. The summed E-state index contributed by atoms with van der Waals surface area (Å²) in [4.78, 5) is 4.79. The summed E-state index contributed by atoms with van der Waals surface area (Å²) < 4.78 is 5.30. The molecule has 1 aromatic heterocycles. The monoisotopic (exact) mass is 268 g/mol. The molecule has 1 N–H and O–H groups in total. The fraction of sp³-hybridized carbons (Fsp3) is 0.786. The Morgan fingerprint density at radius 1 is 1.44 bits per heavy atom. The van der Waals surface area contributed by atoms with E-state index in [1.165, 1.54) is 23.5 Å². The van der Waals surface area contributed by atoms with Crippen LogP contribution in [0.15, 0.2) is 5.38 Å². The molecule has 1 aliphatic carbocycles. The van der Waals surface area contributed by atoms with Gasteiger partial charge in [0.15, 0.2) is 0 Å². The average Bonchev–Trinajstić information content (AvgIpc) is 3.01. The molecule has 0 aromatic carbocycles. The highest BCUT2D eigenvalue weighted by Gasteiger charge is 2.30. The lowest BCUT2D eigenvalue weighted by Crippen LogP contribution is -2.30. The molecule has 4 heteroatoms. The van der Waals surface area contributed by atoms with Gasteiger partial charge in [-0.2, -0.15) is 0 Å². The van der Waals surface area contributed by atoms with E-state index in [1.54, 1.807) is 18.4 Å². The molecule has 0 saturated heterocycles. The molecule has 1 aliphatic rings. The normalized spacial score (nSPS) is 19.2. The molecule has 1 aromatic rings. The van der Waals surface area contributed by atoms with Crippen molar-refractivity contribution in [3.63, 3.8) is 0 Å². The Balaban J connectivity index is 2.09. The molecule has 1 saturated carbocycles. The molecule has 102 valence electrons. The fourth-order valence-corrected chi connectivity index (χ4v) is 3.22. The summed E-state index contributed by atoms with van der Waals surface area (Å²) in [5.74, 6) is 0.969. The van der Waals surface area contributed by atoms with Crippen LogP contribution in [0.25, 0.3) is 0 Å². The second kappa shape index (κ2) is 6.13. The smallest absolute Gasteiger partial charge is 0.110 e. The number of ether oxygens (including phenoxy) is 1. The van der Waals surface area contributed by atoms with Crippen LogP contribution < -0.4 is 5.32 Å². The van der Waals surface area contributed by atoms with Crippen LogP contribution in [0.2, 0.25) is 0 Å².